The Morgan fingerprint density at radius 2 is 0.114 bits per heavy atom. The van der Waals surface area contributed by atoms with Gasteiger partial charge in [0, 0.05) is 1080 Å². The summed E-state index contributed by atoms with van der Waals surface area (Å²) in [5.74, 6) is 0. The van der Waals surface area contributed by atoms with E-state index in [4.69, 9.17) is 4.79 Å². The predicted molar refractivity (Wildman–Crippen MR) is 6.75 cm³/mol. The van der Waals surface area contributed by atoms with Gasteiger partial charge >= 0.3 is 0 Å². The molecule has 0 aromatic heterocycles. The Hall–Kier alpha value is 36.1. The fraction of sp³-hybridized carbons (Fsp3) is 0. The molecule has 111 valence electrons. The Kier molecular flexibility index (Phi) is 1860. The van der Waals surface area contributed by atoms with Gasteiger partial charge in [-0.05, 0) is 0 Å². The second kappa shape index (κ2) is 257. The van der Waals surface area contributed by atoms with Crippen LogP contribution >= 0.6 is 0 Å². The van der Waals surface area contributed by atoms with E-state index in [0.717, 1.165) is 0 Å². The zero-order chi connectivity index (χ0) is 2.00. The Morgan fingerprint density at radius 3 is 0.114 bits per heavy atom. The average Bonchev–Trinajstić information content (AvgIpc) is 1.00. The molecule has 0 heterocycles. The van der Waals surface area contributed by atoms with Crippen molar-refractivity contribution in [2.45, 2.75) is 0 Å². The summed E-state index contributed by atoms with van der Waals surface area (Å²) in [4.78, 5) is 7.75. The van der Waals surface area contributed by atoms with E-state index in [1.54, 1.807) is 0 Å². The molecule has 0 aliphatic rings. The molecule has 0 aliphatic heterocycles. The normalized spacial score (nSPS) is 0.114. The minimum absolute atomic E-state index is 0. The number of carbonyl (C=O) groups excluding carboxylic acids is 1. The Labute approximate surface area is 1050 Å². The third kappa shape index (κ3) is 249. The average molecular weight is 2960 g/mol. The maximum Gasteiger partial charge on any atom is 0 e. The van der Waals surface area contributed by atoms with Crippen LogP contribution in [-0.4, -0.2) is 6.79 Å². The molecule has 0 unspecified atom stereocenters. The summed E-state index contributed by atoms with van der Waals surface area (Å²) in [6.07, 6.45) is 0. The summed E-state index contributed by atoms with van der Waals surface area (Å²) in [6.45, 7) is 3.25. The van der Waals surface area contributed by atoms with E-state index < -0.39 is 0 Å². The van der Waals surface area contributed by atoms with Crippen LogP contribution in [0.15, 0.2) is 0 Å². The van der Waals surface area contributed by atoms with Crippen LogP contribution in [0.1, 0.15) is 0 Å². The first kappa shape index (κ1) is 254. The molecule has 0 bridgehead atoms. The van der Waals surface area contributed by atoms with Gasteiger partial charge < -0.3 is 4.79 Å². The molecular weight excluding hydrogens is 2960 g/mol. The van der Waals surface area contributed by atoms with Gasteiger partial charge in [0.2, 0.25) is 0 Å². The van der Waals surface area contributed by atoms with Crippen LogP contribution < -0.4 is 0 Å². The van der Waals surface area contributed by atoms with Gasteiger partial charge in [-0.15, -0.1) is 0 Å². The van der Waals surface area contributed by atoms with Crippen molar-refractivity contribution in [2.75, 3.05) is 0 Å². The molecule has 33 radical (unpaired) electrons. The van der Waals surface area contributed by atoms with Crippen molar-refractivity contribution < 1.29 is 1080 Å². The largest absolute Gasteiger partial charge is 0.545 e. The van der Waals surface area contributed by atoms with Gasteiger partial charge in [-0.2, -0.15) is 0 Å². The third-order valence-corrected chi connectivity index (χ3v) is 0. The molecule has 0 N–H and O–H groups in total. The van der Waals surface area contributed by atoms with Crippen molar-refractivity contribution in [1.29, 1.82) is 0 Å². The smallest absolute Gasteiger partial charge is 0 e. The maximum atomic E-state index is 7.75. The topological polar surface area (TPSA) is 17.1 Å². The molecule has 34 heteroatoms. The van der Waals surface area contributed by atoms with Crippen LogP contribution in [0.25, 0.3) is 0 Å². The van der Waals surface area contributed by atoms with E-state index >= 15 is 0 Å². The summed E-state index contributed by atoms with van der Waals surface area (Å²) in [5.41, 5.74) is 0. The number of rotatable bonds is 0. The fourth-order valence-corrected chi connectivity index (χ4v) is 0. The maximum absolute atomic E-state index is 7.75. The first-order valence-electron chi connectivity index (χ1n) is 0.236. The zero-order valence-corrected chi connectivity index (χ0v) is 114. The molecular formula is CHOY33-. The second-order valence-corrected chi connectivity index (χ2v) is 0. The van der Waals surface area contributed by atoms with Gasteiger partial charge in [-0.1, -0.05) is 0 Å². The van der Waals surface area contributed by atoms with Crippen molar-refractivity contribution >= 4 is 6.79 Å². The van der Waals surface area contributed by atoms with E-state index in [9.17, 15) is 0 Å². The predicted octanol–water partition coefficient (Wildman–Crippen LogP) is -0.357. The van der Waals surface area contributed by atoms with Gasteiger partial charge in [0.1, 0.15) is 0 Å². The summed E-state index contributed by atoms with van der Waals surface area (Å²) in [7, 11) is 0. The molecule has 0 spiro atoms. The SMILES string of the molecule is [CH-]=O.[Y].[Y].[Y].[Y].[Y].[Y].[Y].[Y].[Y].[Y].[Y].[Y].[Y].[Y].[Y].[Y].[Y].[Y].[Y].[Y].[Y].[Y].[Y].[Y].[Y].[Y].[Y].[Y].[Y].[Y].[Y].[Y].[Y]. The van der Waals surface area contributed by atoms with E-state index in [0.29, 0.717) is 0 Å². The molecule has 0 atom stereocenters. The first-order chi connectivity index (χ1) is 1.00. The molecule has 0 amide bonds. The van der Waals surface area contributed by atoms with E-state index in [2.05, 4.69) is 6.79 Å². The van der Waals surface area contributed by atoms with Gasteiger partial charge in [0.05, 0.1) is 0 Å². The van der Waals surface area contributed by atoms with E-state index in [1.807, 2.05) is 0 Å². The van der Waals surface area contributed by atoms with E-state index in [-0.39, 0.29) is 1080 Å². The number of hydrogen-bond donors (Lipinski definition) is 0. The first-order valence-corrected chi connectivity index (χ1v) is 0.236. The Bertz CT molecular complexity index is 13.1. The van der Waals surface area contributed by atoms with Crippen LogP contribution in [0.3, 0.4) is 0 Å². The van der Waals surface area contributed by atoms with Crippen molar-refractivity contribution in [2.24, 2.45) is 0 Å². The van der Waals surface area contributed by atoms with Crippen molar-refractivity contribution in [3.05, 3.63) is 0 Å². The van der Waals surface area contributed by atoms with Gasteiger partial charge in [-0.25, -0.2) is 0 Å². The molecule has 0 aliphatic carbocycles. The summed E-state index contributed by atoms with van der Waals surface area (Å²) in [6, 6.07) is 0. The molecule has 35 heavy (non-hydrogen) atoms. The van der Waals surface area contributed by atoms with Crippen LogP contribution in [0.2, 0.25) is 0 Å². The molecule has 1 nitrogen and oxygen atoms in total. The minimum Gasteiger partial charge on any atom is -0.545 e. The Balaban J connectivity index is -0.00000000000947. The molecule has 0 saturated carbocycles. The van der Waals surface area contributed by atoms with Crippen molar-refractivity contribution in [1.82, 2.24) is 0 Å². The van der Waals surface area contributed by atoms with Gasteiger partial charge in [-0.3, -0.25) is 6.79 Å². The van der Waals surface area contributed by atoms with Crippen LogP contribution in [0, 0.1) is 0 Å². The molecule has 0 aromatic carbocycles. The number of hydrogen-bond acceptors (Lipinski definition) is 1. The van der Waals surface area contributed by atoms with Crippen molar-refractivity contribution in [3.63, 3.8) is 0 Å². The van der Waals surface area contributed by atoms with Gasteiger partial charge in [0.25, 0.3) is 0 Å². The van der Waals surface area contributed by atoms with E-state index in [1.165, 1.54) is 0 Å². The fourth-order valence-electron chi connectivity index (χ4n) is 0. The van der Waals surface area contributed by atoms with Crippen LogP contribution in [-0.2, 0) is 1080 Å². The Morgan fingerprint density at radius 1 is 0.114 bits per heavy atom. The van der Waals surface area contributed by atoms with Crippen molar-refractivity contribution in [3.8, 4) is 0 Å². The summed E-state index contributed by atoms with van der Waals surface area (Å²) < 4.78 is 0. The molecule has 0 rings (SSSR count). The zero-order valence-electron chi connectivity index (χ0n) is 20.0. The minimum atomic E-state index is 0. The molecule has 0 aromatic rings. The molecule has 0 saturated heterocycles. The third-order valence-electron chi connectivity index (χ3n) is 0. The quantitative estimate of drug-likeness (QED) is 0.240. The second-order valence-electron chi connectivity index (χ2n) is 0. The summed E-state index contributed by atoms with van der Waals surface area (Å²) >= 11 is 0. The monoisotopic (exact) mass is 2960 g/mol. The van der Waals surface area contributed by atoms with Gasteiger partial charge in [0.15, 0.2) is 0 Å². The standard InChI is InChI=1S/CHO.33Y/c1-2;;;;;;;;;;;;;;;;;;;;;;;;;;;;;;;;;/h1H;;;;;;;;;;;;;;;;;;;;;;;;;;;;;;;;;/q-1;;;;;;;;;;;;;;;;;;;;;;;;;;;;;;;;;. The molecule has 0 fully saturated rings. The summed E-state index contributed by atoms with van der Waals surface area (Å²) in [5, 5.41) is 0. The van der Waals surface area contributed by atoms with Crippen LogP contribution in [0.5, 0.6) is 0 Å². The van der Waals surface area contributed by atoms with Crippen LogP contribution in [0.4, 0.5) is 0 Å².